The number of nitro benzene ring substituents is 1. The van der Waals surface area contributed by atoms with Crippen molar-refractivity contribution in [3.63, 3.8) is 0 Å². The van der Waals surface area contributed by atoms with E-state index in [4.69, 9.17) is 27.9 Å². The zero-order valence-corrected chi connectivity index (χ0v) is 11.0. The molecule has 94 valence electrons. The summed E-state index contributed by atoms with van der Waals surface area (Å²) >= 11 is 12.6. The van der Waals surface area contributed by atoms with Gasteiger partial charge < -0.3 is 4.74 Å². The second kappa shape index (κ2) is 5.47. The highest BCUT2D eigenvalue weighted by molar-refractivity contribution is 7.15. The van der Waals surface area contributed by atoms with Gasteiger partial charge in [-0.25, -0.2) is 0 Å². The third kappa shape index (κ3) is 2.87. The summed E-state index contributed by atoms with van der Waals surface area (Å²) in [6.45, 7) is 0.0228. The summed E-state index contributed by atoms with van der Waals surface area (Å²) < 4.78 is 5.58. The van der Waals surface area contributed by atoms with Crippen LogP contribution in [0.4, 0.5) is 5.69 Å². The fourth-order valence-corrected chi connectivity index (χ4v) is 2.21. The van der Waals surface area contributed by atoms with E-state index in [0.29, 0.717) is 5.01 Å². The summed E-state index contributed by atoms with van der Waals surface area (Å²) in [7, 11) is 0. The molecule has 1 aromatic carbocycles. The number of halogens is 2. The van der Waals surface area contributed by atoms with E-state index in [9.17, 15) is 10.1 Å². The topological polar surface area (TPSA) is 78.2 Å². The normalized spacial score (nSPS) is 10.3. The van der Waals surface area contributed by atoms with E-state index in [-0.39, 0.29) is 27.5 Å². The molecule has 0 aliphatic rings. The third-order valence-corrected chi connectivity index (χ3v) is 3.21. The predicted octanol–water partition coefficient (Wildman–Crippen LogP) is 3.33. The number of nitro groups is 1. The first kappa shape index (κ1) is 13.0. The van der Waals surface area contributed by atoms with Gasteiger partial charge in [-0.3, -0.25) is 10.1 Å². The van der Waals surface area contributed by atoms with Crippen LogP contribution in [0.5, 0.6) is 5.75 Å². The second-order valence-electron chi connectivity index (χ2n) is 3.08. The van der Waals surface area contributed by atoms with Gasteiger partial charge in [0, 0.05) is 6.07 Å². The number of ether oxygens (including phenoxy) is 1. The molecule has 0 unspecified atom stereocenters. The molecule has 6 nitrogen and oxygen atoms in total. The minimum Gasteiger partial charge on any atom is -0.478 e. The molecule has 1 heterocycles. The van der Waals surface area contributed by atoms with E-state index in [1.54, 1.807) is 0 Å². The lowest BCUT2D eigenvalue weighted by Crippen LogP contribution is -1.99. The van der Waals surface area contributed by atoms with E-state index in [1.165, 1.54) is 18.2 Å². The van der Waals surface area contributed by atoms with Crippen molar-refractivity contribution in [3.8, 4) is 5.75 Å². The van der Waals surface area contributed by atoms with Crippen LogP contribution in [0, 0.1) is 10.1 Å². The van der Waals surface area contributed by atoms with Crippen molar-refractivity contribution in [3.05, 3.63) is 42.8 Å². The molecule has 0 fully saturated rings. The summed E-state index contributed by atoms with van der Waals surface area (Å²) in [5.41, 5.74) is -0.196. The van der Waals surface area contributed by atoms with Gasteiger partial charge in [0.1, 0.15) is 6.61 Å². The predicted molar refractivity (Wildman–Crippen MR) is 67.4 cm³/mol. The number of hydrogen-bond donors (Lipinski definition) is 0. The van der Waals surface area contributed by atoms with Gasteiger partial charge in [0.15, 0.2) is 5.01 Å². The first-order chi connectivity index (χ1) is 8.58. The smallest absolute Gasteiger partial charge is 0.312 e. The summed E-state index contributed by atoms with van der Waals surface area (Å²) in [6.07, 6.45) is 0. The molecule has 0 atom stereocenters. The molecule has 0 saturated carbocycles. The van der Waals surface area contributed by atoms with Gasteiger partial charge in [0.2, 0.25) is 10.2 Å². The number of hydrogen-bond acceptors (Lipinski definition) is 6. The van der Waals surface area contributed by atoms with Crippen molar-refractivity contribution in [1.29, 1.82) is 0 Å². The standard InChI is InChI=1S/C9H5Cl2N3O3S/c10-5-2-1-3-6(14(15)16)8(5)17-4-7-12-13-9(11)18-7/h1-3H,4H2. The lowest BCUT2D eigenvalue weighted by Gasteiger charge is -2.06. The molecular formula is C9H5Cl2N3O3S. The van der Waals surface area contributed by atoms with Gasteiger partial charge in [-0.05, 0) is 17.7 Å². The molecule has 0 bridgehead atoms. The van der Waals surface area contributed by atoms with Crippen LogP contribution in [0.2, 0.25) is 9.49 Å². The molecule has 0 aliphatic heterocycles. The lowest BCUT2D eigenvalue weighted by atomic mass is 10.3. The maximum atomic E-state index is 10.8. The number of aromatic nitrogens is 2. The first-order valence-corrected chi connectivity index (χ1v) is 6.18. The molecule has 2 rings (SSSR count). The van der Waals surface area contributed by atoms with Crippen LogP contribution in [0.25, 0.3) is 0 Å². The number of benzene rings is 1. The Morgan fingerprint density at radius 1 is 1.39 bits per heavy atom. The van der Waals surface area contributed by atoms with Gasteiger partial charge >= 0.3 is 5.69 Å². The Morgan fingerprint density at radius 3 is 2.78 bits per heavy atom. The highest BCUT2D eigenvalue weighted by Gasteiger charge is 2.18. The number of para-hydroxylation sites is 1. The fraction of sp³-hybridized carbons (Fsp3) is 0.111. The maximum Gasteiger partial charge on any atom is 0.312 e. The van der Waals surface area contributed by atoms with Crippen molar-refractivity contribution in [2.45, 2.75) is 6.61 Å². The molecule has 0 aliphatic carbocycles. The number of nitrogens with zero attached hydrogens (tertiary/aromatic N) is 3. The van der Waals surface area contributed by atoms with Crippen molar-refractivity contribution < 1.29 is 9.66 Å². The van der Waals surface area contributed by atoms with Crippen molar-refractivity contribution >= 4 is 40.2 Å². The molecule has 0 amide bonds. The van der Waals surface area contributed by atoms with Crippen LogP contribution in [0.15, 0.2) is 18.2 Å². The molecule has 2 aromatic rings. The molecule has 0 spiro atoms. The summed E-state index contributed by atoms with van der Waals surface area (Å²) in [5, 5.41) is 18.8. The molecule has 1 aromatic heterocycles. The minimum absolute atomic E-state index is 0.00971. The van der Waals surface area contributed by atoms with E-state index in [1.807, 2.05) is 0 Å². The van der Waals surface area contributed by atoms with Crippen LogP contribution in [-0.2, 0) is 6.61 Å². The van der Waals surface area contributed by atoms with E-state index in [0.717, 1.165) is 11.3 Å². The maximum absolute atomic E-state index is 10.8. The van der Waals surface area contributed by atoms with Gasteiger partial charge in [0.25, 0.3) is 0 Å². The van der Waals surface area contributed by atoms with Gasteiger partial charge in [-0.15, -0.1) is 10.2 Å². The van der Waals surface area contributed by atoms with Crippen LogP contribution in [0.1, 0.15) is 5.01 Å². The van der Waals surface area contributed by atoms with Crippen molar-refractivity contribution in [1.82, 2.24) is 10.2 Å². The van der Waals surface area contributed by atoms with E-state index >= 15 is 0 Å². The Labute approximate surface area is 115 Å². The Kier molecular flexibility index (Phi) is 3.95. The zero-order valence-electron chi connectivity index (χ0n) is 8.67. The first-order valence-electron chi connectivity index (χ1n) is 4.61. The molecule has 9 heteroatoms. The second-order valence-corrected chi connectivity index (χ2v) is 5.13. The Balaban J connectivity index is 2.20. The van der Waals surface area contributed by atoms with Crippen LogP contribution in [-0.4, -0.2) is 15.1 Å². The monoisotopic (exact) mass is 305 g/mol. The van der Waals surface area contributed by atoms with E-state index in [2.05, 4.69) is 10.2 Å². The third-order valence-electron chi connectivity index (χ3n) is 1.93. The summed E-state index contributed by atoms with van der Waals surface area (Å²) in [5.74, 6) is 0.00971. The molecule has 0 saturated heterocycles. The average Bonchev–Trinajstić information content (AvgIpc) is 2.73. The number of rotatable bonds is 4. The SMILES string of the molecule is O=[N+]([O-])c1cccc(Cl)c1OCc1nnc(Cl)s1. The average molecular weight is 306 g/mol. The molecular weight excluding hydrogens is 301 g/mol. The van der Waals surface area contributed by atoms with E-state index < -0.39 is 4.92 Å². The Morgan fingerprint density at radius 2 is 2.17 bits per heavy atom. The zero-order chi connectivity index (χ0) is 13.1. The minimum atomic E-state index is -0.561. The summed E-state index contributed by atoms with van der Waals surface area (Å²) in [6, 6.07) is 4.31. The van der Waals surface area contributed by atoms with Gasteiger partial charge in [0.05, 0.1) is 9.95 Å². The van der Waals surface area contributed by atoms with Crippen LogP contribution >= 0.6 is 34.5 Å². The molecule has 0 radical (unpaired) electrons. The largest absolute Gasteiger partial charge is 0.478 e. The molecule has 0 N–H and O–H groups in total. The highest BCUT2D eigenvalue weighted by atomic mass is 35.5. The Bertz CT molecular complexity index is 590. The summed E-state index contributed by atoms with van der Waals surface area (Å²) in [4.78, 5) is 10.2. The van der Waals surface area contributed by atoms with Gasteiger partial charge in [-0.2, -0.15) is 0 Å². The molecule has 18 heavy (non-hydrogen) atoms. The fourth-order valence-electron chi connectivity index (χ4n) is 1.21. The highest BCUT2D eigenvalue weighted by Crippen LogP contribution is 2.35. The van der Waals surface area contributed by atoms with Gasteiger partial charge in [-0.1, -0.05) is 29.0 Å². The Hall–Kier alpha value is -1.44. The lowest BCUT2D eigenvalue weighted by molar-refractivity contribution is -0.385. The van der Waals surface area contributed by atoms with Crippen molar-refractivity contribution in [2.75, 3.05) is 0 Å². The van der Waals surface area contributed by atoms with Crippen LogP contribution < -0.4 is 4.74 Å². The quantitative estimate of drug-likeness (QED) is 0.639. The van der Waals surface area contributed by atoms with Crippen LogP contribution in [0.3, 0.4) is 0 Å². The van der Waals surface area contributed by atoms with Crippen molar-refractivity contribution in [2.24, 2.45) is 0 Å².